The summed E-state index contributed by atoms with van der Waals surface area (Å²) < 4.78 is 0. The molecule has 1 aromatic rings. The number of nitro benzene ring substituents is 1. The molecule has 1 amide bonds. The maximum absolute atomic E-state index is 13.1. The first-order valence-corrected chi connectivity index (χ1v) is 11.8. The van der Waals surface area contributed by atoms with Gasteiger partial charge in [0.15, 0.2) is 0 Å². The second-order valence-electron chi connectivity index (χ2n) is 10.5. The molecule has 1 saturated heterocycles. The molecule has 4 bridgehead atoms. The molecule has 1 heterocycles. The minimum atomic E-state index is -0.344. The van der Waals surface area contributed by atoms with E-state index in [0.29, 0.717) is 11.3 Å². The van der Waals surface area contributed by atoms with E-state index in [4.69, 9.17) is 0 Å². The zero-order valence-corrected chi connectivity index (χ0v) is 17.9. The molecule has 5 aliphatic rings. The summed E-state index contributed by atoms with van der Waals surface area (Å²) in [5.41, 5.74) is 1.32. The fraction of sp³-hybridized carbons (Fsp3) is 0.708. The number of nitro groups is 1. The van der Waals surface area contributed by atoms with Crippen molar-refractivity contribution in [2.45, 2.75) is 70.8 Å². The molecule has 0 spiro atoms. The second kappa shape index (κ2) is 7.54. The van der Waals surface area contributed by atoms with Crippen molar-refractivity contribution >= 4 is 17.3 Å². The smallest absolute Gasteiger partial charge is 0.293 e. The average molecular weight is 412 g/mol. The Morgan fingerprint density at radius 1 is 1.10 bits per heavy atom. The van der Waals surface area contributed by atoms with Crippen molar-refractivity contribution in [3.05, 3.63) is 33.9 Å². The largest absolute Gasteiger partial charge is 0.366 e. The second-order valence-corrected chi connectivity index (χ2v) is 10.5. The fourth-order valence-corrected chi connectivity index (χ4v) is 7.35. The highest BCUT2D eigenvalue weighted by atomic mass is 16.6. The lowest BCUT2D eigenvalue weighted by Gasteiger charge is -2.59. The Morgan fingerprint density at radius 3 is 2.27 bits per heavy atom. The number of nitrogens with zero attached hydrogens (tertiary/aromatic N) is 2. The van der Waals surface area contributed by atoms with Gasteiger partial charge in [-0.2, -0.15) is 0 Å². The standard InChI is InChI=1S/C24H33N3O3/c1-16(24-13-17-9-18(14-24)11-19(10-17)15-24)25-23(28)20-5-6-21(22(12-20)27(29)30)26-7-3-2-4-8-26/h5-6,12,16-19H,2-4,7-11,13-15H2,1H3,(H,25,28)/t16-,17?,18?,19?,24?/m1/s1. The lowest BCUT2D eigenvalue weighted by Crippen LogP contribution is -2.55. The normalized spacial score (nSPS) is 33.4. The van der Waals surface area contributed by atoms with Gasteiger partial charge in [0.2, 0.25) is 0 Å². The van der Waals surface area contributed by atoms with Crippen LogP contribution in [0.1, 0.15) is 75.1 Å². The van der Waals surface area contributed by atoms with Crippen LogP contribution in [-0.2, 0) is 0 Å². The van der Waals surface area contributed by atoms with Gasteiger partial charge in [-0.1, -0.05) is 0 Å². The van der Waals surface area contributed by atoms with Crippen LogP contribution in [0.2, 0.25) is 0 Å². The Hall–Kier alpha value is -2.11. The third-order valence-corrected chi connectivity index (χ3v) is 8.48. The van der Waals surface area contributed by atoms with E-state index in [-0.39, 0.29) is 28.0 Å². The van der Waals surface area contributed by atoms with Gasteiger partial charge < -0.3 is 10.2 Å². The average Bonchev–Trinajstić information content (AvgIpc) is 2.73. The van der Waals surface area contributed by atoms with E-state index >= 15 is 0 Å². The van der Waals surface area contributed by atoms with Crippen LogP contribution in [0.3, 0.4) is 0 Å². The Bertz CT molecular complexity index is 811. The van der Waals surface area contributed by atoms with Crippen molar-refractivity contribution in [3.8, 4) is 0 Å². The topological polar surface area (TPSA) is 75.5 Å². The molecule has 5 fully saturated rings. The van der Waals surface area contributed by atoms with E-state index in [1.165, 1.54) is 51.0 Å². The molecule has 6 heteroatoms. The highest BCUT2D eigenvalue weighted by molar-refractivity contribution is 5.96. The molecule has 6 rings (SSSR count). The van der Waals surface area contributed by atoms with Gasteiger partial charge in [0.25, 0.3) is 11.6 Å². The number of hydrogen-bond donors (Lipinski definition) is 1. The summed E-state index contributed by atoms with van der Waals surface area (Å²) in [6.45, 7) is 3.84. The zero-order chi connectivity index (χ0) is 20.9. The van der Waals surface area contributed by atoms with Crippen LogP contribution < -0.4 is 10.2 Å². The SMILES string of the molecule is C[C@@H](NC(=O)c1ccc(N2CCCCC2)c([N+](=O)[O-])c1)C12CC3CC(CC(C3)C1)C2. The maximum Gasteiger partial charge on any atom is 0.293 e. The first kappa shape index (κ1) is 19.8. The summed E-state index contributed by atoms with van der Waals surface area (Å²) in [6, 6.07) is 5.12. The van der Waals surface area contributed by atoms with Crippen molar-refractivity contribution in [2.24, 2.45) is 23.2 Å². The van der Waals surface area contributed by atoms with Crippen molar-refractivity contribution < 1.29 is 9.72 Å². The first-order chi connectivity index (χ1) is 14.4. The zero-order valence-electron chi connectivity index (χ0n) is 17.9. The predicted octanol–water partition coefficient (Wildman–Crippen LogP) is 4.92. The lowest BCUT2D eigenvalue weighted by molar-refractivity contribution is -0.384. The number of benzene rings is 1. The van der Waals surface area contributed by atoms with Gasteiger partial charge in [0.1, 0.15) is 5.69 Å². The third-order valence-electron chi connectivity index (χ3n) is 8.48. The molecule has 162 valence electrons. The number of piperidine rings is 1. The molecular formula is C24H33N3O3. The molecule has 1 N–H and O–H groups in total. The van der Waals surface area contributed by atoms with Gasteiger partial charge in [-0.15, -0.1) is 0 Å². The number of anilines is 1. The van der Waals surface area contributed by atoms with Gasteiger partial charge in [-0.05, 0) is 100 Å². The van der Waals surface area contributed by atoms with Crippen LogP contribution in [0.25, 0.3) is 0 Å². The van der Waals surface area contributed by atoms with Gasteiger partial charge >= 0.3 is 0 Å². The molecule has 4 saturated carbocycles. The van der Waals surface area contributed by atoms with Crippen LogP contribution >= 0.6 is 0 Å². The van der Waals surface area contributed by atoms with Crippen molar-refractivity contribution in [1.82, 2.24) is 5.32 Å². The maximum atomic E-state index is 13.1. The van der Waals surface area contributed by atoms with Crippen molar-refractivity contribution in [1.29, 1.82) is 0 Å². The Labute approximate surface area is 178 Å². The van der Waals surface area contributed by atoms with Crippen LogP contribution in [-0.4, -0.2) is 30.0 Å². The van der Waals surface area contributed by atoms with E-state index in [2.05, 4.69) is 17.1 Å². The Kier molecular flexibility index (Phi) is 4.98. The van der Waals surface area contributed by atoms with Crippen LogP contribution in [0.4, 0.5) is 11.4 Å². The molecular weight excluding hydrogens is 378 g/mol. The van der Waals surface area contributed by atoms with Gasteiger partial charge in [-0.3, -0.25) is 14.9 Å². The number of amides is 1. The highest BCUT2D eigenvalue weighted by Gasteiger charge is 2.53. The molecule has 4 aliphatic carbocycles. The molecule has 1 aromatic carbocycles. The minimum absolute atomic E-state index is 0.0482. The van der Waals surface area contributed by atoms with Crippen LogP contribution in [0.5, 0.6) is 0 Å². The number of nitrogens with one attached hydrogen (secondary N) is 1. The van der Waals surface area contributed by atoms with E-state index in [1.807, 2.05) is 0 Å². The quantitative estimate of drug-likeness (QED) is 0.551. The van der Waals surface area contributed by atoms with E-state index in [9.17, 15) is 14.9 Å². The van der Waals surface area contributed by atoms with Gasteiger partial charge in [-0.25, -0.2) is 0 Å². The van der Waals surface area contributed by atoms with Gasteiger partial charge in [0, 0.05) is 30.8 Å². The summed E-state index contributed by atoms with van der Waals surface area (Å²) in [5.74, 6) is 2.33. The number of carbonyl (C=O) groups excluding carboxylic acids is 1. The van der Waals surface area contributed by atoms with E-state index < -0.39 is 0 Å². The van der Waals surface area contributed by atoms with Crippen molar-refractivity contribution in [3.63, 3.8) is 0 Å². The first-order valence-electron chi connectivity index (χ1n) is 11.8. The number of rotatable bonds is 5. The molecule has 0 unspecified atom stereocenters. The summed E-state index contributed by atoms with van der Waals surface area (Å²) in [7, 11) is 0. The molecule has 0 aromatic heterocycles. The van der Waals surface area contributed by atoms with E-state index in [0.717, 1.165) is 43.7 Å². The number of hydrogen-bond acceptors (Lipinski definition) is 4. The summed E-state index contributed by atoms with van der Waals surface area (Å²) in [6.07, 6.45) is 11.1. The molecule has 6 nitrogen and oxygen atoms in total. The molecule has 0 radical (unpaired) electrons. The fourth-order valence-electron chi connectivity index (χ4n) is 7.35. The molecule has 1 atom stereocenters. The van der Waals surface area contributed by atoms with Gasteiger partial charge in [0.05, 0.1) is 4.92 Å². The van der Waals surface area contributed by atoms with Crippen LogP contribution in [0, 0.1) is 33.3 Å². The summed E-state index contributed by atoms with van der Waals surface area (Å²) >= 11 is 0. The molecule has 30 heavy (non-hydrogen) atoms. The van der Waals surface area contributed by atoms with E-state index in [1.54, 1.807) is 12.1 Å². The summed E-state index contributed by atoms with van der Waals surface area (Å²) in [5, 5.41) is 15.0. The molecule has 1 aliphatic heterocycles. The van der Waals surface area contributed by atoms with Crippen LogP contribution in [0.15, 0.2) is 18.2 Å². The highest BCUT2D eigenvalue weighted by Crippen LogP contribution is 2.61. The lowest BCUT2D eigenvalue weighted by atomic mass is 9.48. The Balaban J connectivity index is 1.33. The monoisotopic (exact) mass is 411 g/mol. The minimum Gasteiger partial charge on any atom is -0.366 e. The Morgan fingerprint density at radius 2 is 1.70 bits per heavy atom. The predicted molar refractivity (Wildman–Crippen MR) is 117 cm³/mol. The van der Waals surface area contributed by atoms with Crippen molar-refractivity contribution in [2.75, 3.05) is 18.0 Å². The summed E-state index contributed by atoms with van der Waals surface area (Å²) in [4.78, 5) is 26.5. The third kappa shape index (κ3) is 3.48. The number of carbonyl (C=O) groups is 1.